The fourth-order valence-electron chi connectivity index (χ4n) is 0.559. The lowest BCUT2D eigenvalue weighted by atomic mass is 10.2. The van der Waals surface area contributed by atoms with Gasteiger partial charge in [0.25, 0.3) is 0 Å². The first kappa shape index (κ1) is 14.5. The molecule has 0 aromatic heterocycles. The largest absolute Gasteiger partial charge is 0.746 e. The number of aliphatic hydroxyl groups is 1. The van der Waals surface area contributed by atoms with E-state index in [1.165, 1.54) is 6.92 Å². The van der Waals surface area contributed by atoms with Gasteiger partial charge < -0.3 is 30.5 Å². The van der Waals surface area contributed by atoms with Gasteiger partial charge >= 0.3 is 13.8 Å². The number of phosphoric ester groups is 1. The first-order valence-electron chi connectivity index (χ1n) is 4.13. The van der Waals surface area contributed by atoms with Gasteiger partial charge in [-0.25, -0.2) is 4.79 Å². The van der Waals surface area contributed by atoms with E-state index in [0.29, 0.717) is 0 Å². The van der Waals surface area contributed by atoms with Crippen molar-refractivity contribution in [2.45, 2.75) is 19.1 Å². The van der Waals surface area contributed by atoms with Gasteiger partial charge in [0.1, 0.15) is 6.04 Å². The first-order chi connectivity index (χ1) is 6.80. The SMILES string of the molecule is CC(O)C(N)C(=O)OP(=O)([O-])OCCN. The predicted molar refractivity (Wildman–Crippen MR) is 48.4 cm³/mol. The maximum atomic E-state index is 11.0. The molecular weight excluding hydrogens is 227 g/mol. The van der Waals surface area contributed by atoms with Crippen LogP contribution in [0.5, 0.6) is 0 Å². The van der Waals surface area contributed by atoms with Gasteiger partial charge in [-0.15, -0.1) is 0 Å². The third-order valence-electron chi connectivity index (χ3n) is 1.36. The minimum Gasteiger partial charge on any atom is -0.746 e. The number of hydrogen-bond donors (Lipinski definition) is 3. The topological polar surface area (TPSA) is 148 Å². The predicted octanol–water partition coefficient (Wildman–Crippen LogP) is -2.32. The number of rotatable bonds is 6. The van der Waals surface area contributed by atoms with E-state index in [9.17, 15) is 14.3 Å². The van der Waals surface area contributed by atoms with Crippen LogP contribution < -0.4 is 16.4 Å². The van der Waals surface area contributed by atoms with E-state index in [2.05, 4.69) is 9.05 Å². The van der Waals surface area contributed by atoms with Gasteiger partial charge in [-0.3, -0.25) is 4.57 Å². The van der Waals surface area contributed by atoms with Gasteiger partial charge in [0.05, 0.1) is 12.7 Å². The Kier molecular flexibility index (Phi) is 5.96. The molecule has 0 aliphatic rings. The Morgan fingerprint density at radius 1 is 1.67 bits per heavy atom. The summed E-state index contributed by atoms with van der Waals surface area (Å²) in [5.74, 6) is -1.28. The molecule has 0 amide bonds. The molecule has 8 nitrogen and oxygen atoms in total. The minimum atomic E-state index is -4.73. The van der Waals surface area contributed by atoms with Crippen molar-refractivity contribution in [3.8, 4) is 0 Å². The van der Waals surface area contributed by atoms with Gasteiger partial charge in [0.15, 0.2) is 0 Å². The molecule has 0 aromatic rings. The summed E-state index contributed by atoms with van der Waals surface area (Å²) in [6.07, 6.45) is -1.22. The quantitative estimate of drug-likeness (QED) is 0.439. The second-order valence-corrected chi connectivity index (χ2v) is 4.08. The molecule has 3 atom stereocenters. The molecule has 0 aliphatic heterocycles. The third kappa shape index (κ3) is 5.83. The molecule has 90 valence electrons. The molecular formula is C6H14N2O6P-. The first-order valence-corrected chi connectivity index (χ1v) is 5.59. The van der Waals surface area contributed by atoms with E-state index in [4.69, 9.17) is 16.6 Å². The van der Waals surface area contributed by atoms with Gasteiger partial charge in [-0.1, -0.05) is 0 Å². The van der Waals surface area contributed by atoms with Crippen molar-refractivity contribution in [2.24, 2.45) is 11.5 Å². The van der Waals surface area contributed by atoms with Gasteiger partial charge in [-0.05, 0) is 6.92 Å². The lowest BCUT2D eigenvalue weighted by Crippen LogP contribution is -2.41. The van der Waals surface area contributed by atoms with Crippen molar-refractivity contribution >= 4 is 13.8 Å². The molecule has 15 heavy (non-hydrogen) atoms. The van der Waals surface area contributed by atoms with E-state index >= 15 is 0 Å². The second-order valence-electron chi connectivity index (χ2n) is 2.75. The van der Waals surface area contributed by atoms with Crippen LogP contribution >= 0.6 is 7.82 Å². The van der Waals surface area contributed by atoms with Crippen LogP contribution in [0.15, 0.2) is 0 Å². The lowest BCUT2D eigenvalue weighted by molar-refractivity contribution is -0.224. The van der Waals surface area contributed by atoms with Crippen LogP contribution in [-0.2, 0) is 18.4 Å². The number of hydrogen-bond acceptors (Lipinski definition) is 8. The average Bonchev–Trinajstić information content (AvgIpc) is 2.12. The Labute approximate surface area is 86.8 Å². The lowest BCUT2D eigenvalue weighted by Gasteiger charge is -2.23. The molecule has 0 radical (unpaired) electrons. The molecule has 9 heteroatoms. The summed E-state index contributed by atoms with van der Waals surface area (Å²) < 4.78 is 19.0. The fraction of sp³-hybridized carbons (Fsp3) is 0.833. The molecule has 0 aromatic carbocycles. The molecule has 3 unspecified atom stereocenters. The van der Waals surface area contributed by atoms with Crippen LogP contribution in [-0.4, -0.2) is 36.4 Å². The zero-order chi connectivity index (χ0) is 12.1. The van der Waals surface area contributed by atoms with Crippen molar-refractivity contribution in [1.29, 1.82) is 0 Å². The highest BCUT2D eigenvalue weighted by atomic mass is 31.2. The minimum absolute atomic E-state index is 0.0355. The highest BCUT2D eigenvalue weighted by molar-refractivity contribution is 7.46. The monoisotopic (exact) mass is 241 g/mol. The highest BCUT2D eigenvalue weighted by Gasteiger charge is 2.25. The summed E-state index contributed by atoms with van der Waals surface area (Å²) in [5.41, 5.74) is 10.1. The van der Waals surface area contributed by atoms with Crippen LogP contribution in [0.4, 0.5) is 0 Å². The summed E-state index contributed by atoms with van der Waals surface area (Å²) in [6, 6.07) is -1.44. The van der Waals surface area contributed by atoms with Crippen LogP contribution in [0, 0.1) is 0 Å². The summed E-state index contributed by atoms with van der Waals surface area (Å²) in [5, 5.41) is 8.89. The standard InChI is InChI=1S/C6H15N2O6P/c1-4(9)5(8)6(10)14-15(11,12)13-3-2-7/h4-5,9H,2-3,7-8H2,1H3,(H,11,12)/p-1. The van der Waals surface area contributed by atoms with E-state index in [-0.39, 0.29) is 13.2 Å². The van der Waals surface area contributed by atoms with Gasteiger partial charge in [-0.2, -0.15) is 0 Å². The smallest absolute Gasteiger partial charge is 0.331 e. The van der Waals surface area contributed by atoms with Crippen molar-refractivity contribution in [1.82, 2.24) is 0 Å². The number of nitrogens with two attached hydrogens (primary N) is 2. The number of carbonyl (C=O) groups is 1. The van der Waals surface area contributed by atoms with E-state index in [0.717, 1.165) is 0 Å². The molecule has 0 saturated carbocycles. The van der Waals surface area contributed by atoms with Crippen molar-refractivity contribution in [2.75, 3.05) is 13.2 Å². The summed E-state index contributed by atoms with van der Waals surface area (Å²) in [4.78, 5) is 21.9. The molecule has 0 aliphatic carbocycles. The zero-order valence-corrected chi connectivity index (χ0v) is 9.05. The molecule has 0 heterocycles. The Morgan fingerprint density at radius 3 is 2.60 bits per heavy atom. The third-order valence-corrected chi connectivity index (χ3v) is 2.26. The van der Waals surface area contributed by atoms with E-state index < -0.39 is 25.9 Å². The molecule has 0 spiro atoms. The summed E-state index contributed by atoms with van der Waals surface area (Å²) >= 11 is 0. The second kappa shape index (κ2) is 6.16. The molecule has 5 N–H and O–H groups in total. The average molecular weight is 241 g/mol. The van der Waals surface area contributed by atoms with Crippen molar-refractivity contribution < 1.29 is 28.4 Å². The Balaban J connectivity index is 4.21. The highest BCUT2D eigenvalue weighted by Crippen LogP contribution is 2.38. The molecule has 0 bridgehead atoms. The maximum Gasteiger partial charge on any atom is 0.331 e. The number of aliphatic hydroxyl groups excluding tert-OH is 1. The summed E-state index contributed by atoms with van der Waals surface area (Å²) in [6.45, 7) is 0.895. The van der Waals surface area contributed by atoms with E-state index in [1.807, 2.05) is 0 Å². The fourth-order valence-corrected chi connectivity index (χ4v) is 1.28. The maximum absolute atomic E-state index is 11.0. The molecule has 0 fully saturated rings. The number of phosphoric acid groups is 1. The Hall–Kier alpha value is -0.500. The normalized spacial score (nSPS) is 19.0. The number of carbonyl (C=O) groups excluding carboxylic acids is 1. The van der Waals surface area contributed by atoms with Crippen molar-refractivity contribution in [3.63, 3.8) is 0 Å². The van der Waals surface area contributed by atoms with Crippen LogP contribution in [0.25, 0.3) is 0 Å². The molecule has 0 rings (SSSR count). The van der Waals surface area contributed by atoms with Crippen LogP contribution in [0.1, 0.15) is 6.92 Å². The van der Waals surface area contributed by atoms with Crippen LogP contribution in [0.2, 0.25) is 0 Å². The zero-order valence-electron chi connectivity index (χ0n) is 8.16. The van der Waals surface area contributed by atoms with Gasteiger partial charge in [0.2, 0.25) is 0 Å². The van der Waals surface area contributed by atoms with Crippen molar-refractivity contribution in [3.05, 3.63) is 0 Å². The van der Waals surface area contributed by atoms with E-state index in [1.54, 1.807) is 0 Å². The summed E-state index contributed by atoms with van der Waals surface area (Å²) in [7, 11) is -4.73. The Bertz CT molecular complexity index is 258. The molecule has 0 saturated heterocycles. The Morgan fingerprint density at radius 2 is 2.20 bits per heavy atom. The van der Waals surface area contributed by atoms with Gasteiger partial charge in [0, 0.05) is 6.54 Å². The van der Waals surface area contributed by atoms with Crippen LogP contribution in [0.3, 0.4) is 0 Å².